The van der Waals surface area contributed by atoms with Gasteiger partial charge in [0.15, 0.2) is 0 Å². The molecule has 0 radical (unpaired) electrons. The minimum Gasteiger partial charge on any atom is -0.495 e. The first-order valence-corrected chi connectivity index (χ1v) is 4.87. The summed E-state index contributed by atoms with van der Waals surface area (Å²) >= 11 is 5.98. The zero-order valence-corrected chi connectivity index (χ0v) is 9.48. The summed E-state index contributed by atoms with van der Waals surface area (Å²) in [4.78, 5) is 2.63. The molecular formula is C10H11ClN4O. The first kappa shape index (κ1) is 12.2. The van der Waals surface area contributed by atoms with E-state index in [2.05, 4.69) is 10.0 Å². The number of methoxy groups -OCH3 is 1. The standard InChI is InChI=1S/C10H11ClN4O/c1-16-10-5-7(3-2-4-14-15-13)8(11)6-9(10)12/h2-3,5-6H,4,12H2,1H3. The van der Waals surface area contributed by atoms with E-state index in [1.807, 2.05) is 0 Å². The topological polar surface area (TPSA) is 84.0 Å². The molecule has 0 atom stereocenters. The summed E-state index contributed by atoms with van der Waals surface area (Å²) in [6.07, 6.45) is 3.45. The number of halogens is 1. The van der Waals surface area contributed by atoms with Crippen molar-refractivity contribution >= 4 is 23.4 Å². The van der Waals surface area contributed by atoms with E-state index >= 15 is 0 Å². The Morgan fingerprint density at radius 2 is 2.38 bits per heavy atom. The lowest BCUT2D eigenvalue weighted by atomic mass is 10.1. The molecule has 5 nitrogen and oxygen atoms in total. The van der Waals surface area contributed by atoms with Crippen LogP contribution in [0.25, 0.3) is 16.5 Å². The van der Waals surface area contributed by atoms with E-state index in [0.29, 0.717) is 16.5 Å². The number of benzene rings is 1. The number of hydrogen-bond donors (Lipinski definition) is 1. The van der Waals surface area contributed by atoms with Crippen molar-refractivity contribution in [3.8, 4) is 5.75 Å². The van der Waals surface area contributed by atoms with Crippen LogP contribution in [-0.4, -0.2) is 13.7 Å². The molecule has 2 N–H and O–H groups in total. The fourth-order valence-electron chi connectivity index (χ4n) is 1.15. The normalized spacial score (nSPS) is 10.1. The maximum atomic E-state index is 8.10. The van der Waals surface area contributed by atoms with E-state index in [-0.39, 0.29) is 6.54 Å². The van der Waals surface area contributed by atoms with Crippen LogP contribution in [0.5, 0.6) is 5.75 Å². The molecule has 0 aliphatic rings. The molecule has 16 heavy (non-hydrogen) atoms. The van der Waals surface area contributed by atoms with Gasteiger partial charge in [0.05, 0.1) is 17.8 Å². The lowest BCUT2D eigenvalue weighted by Gasteiger charge is -2.06. The summed E-state index contributed by atoms with van der Waals surface area (Å²) < 4.78 is 5.07. The zero-order chi connectivity index (χ0) is 12.0. The van der Waals surface area contributed by atoms with Crippen LogP contribution in [0.15, 0.2) is 23.3 Å². The van der Waals surface area contributed by atoms with E-state index in [0.717, 1.165) is 5.56 Å². The molecule has 0 saturated heterocycles. The number of anilines is 1. The van der Waals surface area contributed by atoms with Crippen molar-refractivity contribution in [1.29, 1.82) is 0 Å². The van der Waals surface area contributed by atoms with Gasteiger partial charge in [0.1, 0.15) is 5.75 Å². The molecule has 0 bridgehead atoms. The van der Waals surface area contributed by atoms with Crippen molar-refractivity contribution in [2.45, 2.75) is 0 Å². The van der Waals surface area contributed by atoms with Gasteiger partial charge >= 0.3 is 0 Å². The minimum atomic E-state index is 0.277. The Bertz CT molecular complexity index is 452. The number of rotatable bonds is 4. The minimum absolute atomic E-state index is 0.277. The monoisotopic (exact) mass is 238 g/mol. The molecule has 0 spiro atoms. The van der Waals surface area contributed by atoms with E-state index in [1.54, 1.807) is 24.3 Å². The summed E-state index contributed by atoms with van der Waals surface area (Å²) in [7, 11) is 1.53. The van der Waals surface area contributed by atoms with Crippen LogP contribution >= 0.6 is 11.6 Å². The molecule has 0 unspecified atom stereocenters. The maximum absolute atomic E-state index is 8.10. The summed E-state index contributed by atoms with van der Waals surface area (Å²) in [5.74, 6) is 0.563. The van der Waals surface area contributed by atoms with Crippen LogP contribution in [-0.2, 0) is 0 Å². The molecule has 1 rings (SSSR count). The van der Waals surface area contributed by atoms with Crippen molar-refractivity contribution in [2.24, 2.45) is 5.11 Å². The number of hydrogen-bond acceptors (Lipinski definition) is 3. The van der Waals surface area contributed by atoms with Crippen molar-refractivity contribution < 1.29 is 4.74 Å². The van der Waals surface area contributed by atoms with E-state index in [1.165, 1.54) is 7.11 Å². The SMILES string of the molecule is COc1cc(C=CCN=[N+]=[N-])c(Cl)cc1N. The Morgan fingerprint density at radius 3 is 3.00 bits per heavy atom. The second kappa shape index (κ2) is 5.90. The van der Waals surface area contributed by atoms with Crippen molar-refractivity contribution in [3.05, 3.63) is 39.2 Å². The Labute approximate surface area is 98.1 Å². The van der Waals surface area contributed by atoms with Gasteiger partial charge in [-0.05, 0) is 23.2 Å². The third-order valence-electron chi connectivity index (χ3n) is 1.90. The van der Waals surface area contributed by atoms with Crippen LogP contribution < -0.4 is 10.5 Å². The molecule has 0 fully saturated rings. The van der Waals surface area contributed by atoms with Crippen LogP contribution in [0.4, 0.5) is 5.69 Å². The quantitative estimate of drug-likeness (QED) is 0.378. The number of azide groups is 1. The number of ether oxygens (including phenoxy) is 1. The molecule has 0 aromatic heterocycles. The fraction of sp³-hybridized carbons (Fsp3) is 0.200. The Morgan fingerprint density at radius 1 is 1.62 bits per heavy atom. The van der Waals surface area contributed by atoms with Gasteiger partial charge in [-0.15, -0.1) is 0 Å². The summed E-state index contributed by atoms with van der Waals surface area (Å²) in [5, 5.41) is 3.89. The molecule has 1 aromatic carbocycles. The summed E-state index contributed by atoms with van der Waals surface area (Å²) in [6.45, 7) is 0.277. The molecular weight excluding hydrogens is 228 g/mol. The highest BCUT2D eigenvalue weighted by atomic mass is 35.5. The highest BCUT2D eigenvalue weighted by molar-refractivity contribution is 6.32. The van der Waals surface area contributed by atoms with Gasteiger partial charge < -0.3 is 10.5 Å². The molecule has 0 heterocycles. The lowest BCUT2D eigenvalue weighted by Crippen LogP contribution is -1.93. The predicted molar refractivity (Wildman–Crippen MR) is 65.5 cm³/mol. The average Bonchev–Trinajstić information content (AvgIpc) is 2.27. The number of nitrogens with zero attached hydrogens (tertiary/aromatic N) is 3. The highest BCUT2D eigenvalue weighted by Crippen LogP contribution is 2.29. The maximum Gasteiger partial charge on any atom is 0.142 e. The molecule has 0 aliphatic carbocycles. The molecule has 0 amide bonds. The van der Waals surface area contributed by atoms with Crippen LogP contribution in [0.2, 0.25) is 5.02 Å². The highest BCUT2D eigenvalue weighted by Gasteiger charge is 2.04. The van der Waals surface area contributed by atoms with Crippen molar-refractivity contribution in [1.82, 2.24) is 0 Å². The van der Waals surface area contributed by atoms with Gasteiger partial charge in [0.2, 0.25) is 0 Å². The van der Waals surface area contributed by atoms with E-state index < -0.39 is 0 Å². The predicted octanol–water partition coefficient (Wildman–Crippen LogP) is 3.25. The van der Waals surface area contributed by atoms with Gasteiger partial charge in [-0.2, -0.15) is 0 Å². The lowest BCUT2D eigenvalue weighted by molar-refractivity contribution is 0.417. The number of nitrogen functional groups attached to an aromatic ring is 1. The first-order valence-electron chi connectivity index (χ1n) is 4.49. The van der Waals surface area contributed by atoms with E-state index in [9.17, 15) is 0 Å². The Kier molecular flexibility index (Phi) is 4.51. The average molecular weight is 239 g/mol. The summed E-state index contributed by atoms with van der Waals surface area (Å²) in [5.41, 5.74) is 15.0. The third-order valence-corrected chi connectivity index (χ3v) is 2.22. The van der Waals surface area contributed by atoms with Crippen molar-refractivity contribution in [2.75, 3.05) is 19.4 Å². The van der Waals surface area contributed by atoms with Gasteiger partial charge in [-0.1, -0.05) is 28.9 Å². The Balaban J connectivity index is 2.95. The van der Waals surface area contributed by atoms with Crippen molar-refractivity contribution in [3.63, 3.8) is 0 Å². The van der Waals surface area contributed by atoms with Crippen LogP contribution in [0.1, 0.15) is 5.56 Å². The first-order chi connectivity index (χ1) is 7.69. The second-order valence-electron chi connectivity index (χ2n) is 2.93. The molecule has 1 aromatic rings. The second-order valence-corrected chi connectivity index (χ2v) is 3.34. The molecule has 0 aliphatic heterocycles. The smallest absolute Gasteiger partial charge is 0.142 e. The van der Waals surface area contributed by atoms with Crippen LogP contribution in [0.3, 0.4) is 0 Å². The van der Waals surface area contributed by atoms with Gasteiger partial charge in [-0.25, -0.2) is 0 Å². The van der Waals surface area contributed by atoms with Crippen LogP contribution in [0, 0.1) is 0 Å². The van der Waals surface area contributed by atoms with Gasteiger partial charge in [-0.3, -0.25) is 0 Å². The third kappa shape index (κ3) is 3.08. The van der Waals surface area contributed by atoms with Gasteiger partial charge in [0, 0.05) is 11.5 Å². The Hall–Kier alpha value is -1.84. The van der Waals surface area contributed by atoms with Gasteiger partial charge in [0.25, 0.3) is 0 Å². The summed E-state index contributed by atoms with van der Waals surface area (Å²) in [6, 6.07) is 3.35. The number of nitrogens with two attached hydrogens (primary N) is 1. The largest absolute Gasteiger partial charge is 0.495 e. The van der Waals surface area contributed by atoms with E-state index in [4.69, 9.17) is 27.6 Å². The molecule has 6 heteroatoms. The molecule has 84 valence electrons. The molecule has 0 saturated carbocycles. The zero-order valence-electron chi connectivity index (χ0n) is 8.72. The fourth-order valence-corrected chi connectivity index (χ4v) is 1.39.